The minimum Gasteiger partial charge on any atom is -0.324 e. The maximum absolute atomic E-state index is 12.0. The van der Waals surface area contributed by atoms with E-state index in [0.717, 1.165) is 11.1 Å². The van der Waals surface area contributed by atoms with Crippen molar-refractivity contribution in [3.63, 3.8) is 0 Å². The molecule has 110 valence electrons. The lowest BCUT2D eigenvalue weighted by atomic mass is 10.1. The Morgan fingerprint density at radius 2 is 1.95 bits per heavy atom. The average molecular weight is 304 g/mol. The van der Waals surface area contributed by atoms with Gasteiger partial charge in [-0.25, -0.2) is 4.79 Å². The molecule has 5 heteroatoms. The Labute approximate surface area is 129 Å². The van der Waals surface area contributed by atoms with Crippen LogP contribution in [0.4, 0.5) is 16.2 Å². The molecule has 4 nitrogen and oxygen atoms in total. The molecule has 0 heterocycles. The first-order valence-electron chi connectivity index (χ1n) is 6.65. The number of carbonyl (C=O) groups excluding carboxylic acids is 1. The highest BCUT2D eigenvalue weighted by atomic mass is 35.5. The van der Waals surface area contributed by atoms with Crippen molar-refractivity contribution in [1.82, 2.24) is 0 Å². The number of nitrogens with two attached hydrogens (primary N) is 1. The van der Waals surface area contributed by atoms with Crippen LogP contribution in [0, 0.1) is 6.92 Å². The van der Waals surface area contributed by atoms with Gasteiger partial charge < -0.3 is 16.4 Å². The van der Waals surface area contributed by atoms with Crippen molar-refractivity contribution in [1.29, 1.82) is 0 Å². The molecular formula is C16H18ClN3O. The molecule has 0 aliphatic carbocycles. The largest absolute Gasteiger partial charge is 0.324 e. The Hall–Kier alpha value is -2.04. The maximum atomic E-state index is 12.0. The van der Waals surface area contributed by atoms with E-state index in [1.54, 1.807) is 12.1 Å². The second-order valence-corrected chi connectivity index (χ2v) is 5.38. The normalized spacial score (nSPS) is 11.8. The van der Waals surface area contributed by atoms with Gasteiger partial charge >= 0.3 is 6.03 Å². The van der Waals surface area contributed by atoms with E-state index in [2.05, 4.69) is 10.6 Å². The van der Waals surface area contributed by atoms with Crippen molar-refractivity contribution < 1.29 is 4.79 Å². The Bertz CT molecular complexity index is 656. The fourth-order valence-electron chi connectivity index (χ4n) is 1.91. The molecule has 0 aromatic heterocycles. The van der Waals surface area contributed by atoms with Gasteiger partial charge in [-0.05, 0) is 49.2 Å². The van der Waals surface area contributed by atoms with Crippen LogP contribution in [0.25, 0.3) is 0 Å². The lowest BCUT2D eigenvalue weighted by molar-refractivity contribution is 0.262. The summed E-state index contributed by atoms with van der Waals surface area (Å²) in [5, 5.41) is 5.99. The standard InChI is InChI=1S/C16H18ClN3O/c1-10-6-7-15(14(17)8-10)20-16(21)19-13-5-3-4-12(9-13)11(2)18/h3-9,11H,18H2,1-2H3,(H2,19,20,21). The van der Waals surface area contributed by atoms with Crippen LogP contribution in [0.3, 0.4) is 0 Å². The number of carbonyl (C=O) groups is 1. The topological polar surface area (TPSA) is 67.2 Å². The number of hydrogen-bond donors (Lipinski definition) is 3. The van der Waals surface area contributed by atoms with Crippen LogP contribution in [0.5, 0.6) is 0 Å². The average Bonchev–Trinajstić information content (AvgIpc) is 2.42. The van der Waals surface area contributed by atoms with Crippen LogP contribution >= 0.6 is 11.6 Å². The van der Waals surface area contributed by atoms with E-state index in [-0.39, 0.29) is 12.1 Å². The van der Waals surface area contributed by atoms with Gasteiger partial charge in [0.2, 0.25) is 0 Å². The fraction of sp³-hybridized carbons (Fsp3) is 0.188. The zero-order chi connectivity index (χ0) is 15.4. The zero-order valence-electron chi connectivity index (χ0n) is 12.0. The molecular weight excluding hydrogens is 286 g/mol. The van der Waals surface area contributed by atoms with Crippen molar-refractivity contribution in [2.45, 2.75) is 19.9 Å². The molecule has 2 rings (SSSR count). The molecule has 2 amide bonds. The number of urea groups is 1. The third kappa shape index (κ3) is 4.21. The maximum Gasteiger partial charge on any atom is 0.323 e. The van der Waals surface area contributed by atoms with Crippen LogP contribution in [0.1, 0.15) is 24.1 Å². The van der Waals surface area contributed by atoms with Gasteiger partial charge in [-0.2, -0.15) is 0 Å². The molecule has 1 unspecified atom stereocenters. The zero-order valence-corrected chi connectivity index (χ0v) is 12.7. The van der Waals surface area contributed by atoms with Crippen molar-refractivity contribution in [2.24, 2.45) is 5.73 Å². The number of nitrogens with one attached hydrogen (secondary N) is 2. The summed E-state index contributed by atoms with van der Waals surface area (Å²) in [6.45, 7) is 3.83. The van der Waals surface area contributed by atoms with E-state index in [0.29, 0.717) is 16.4 Å². The molecule has 21 heavy (non-hydrogen) atoms. The molecule has 2 aromatic rings. The third-order valence-corrected chi connectivity index (χ3v) is 3.36. The third-order valence-electron chi connectivity index (χ3n) is 3.04. The monoisotopic (exact) mass is 303 g/mol. The van der Waals surface area contributed by atoms with Crippen molar-refractivity contribution in [3.05, 3.63) is 58.6 Å². The highest BCUT2D eigenvalue weighted by Gasteiger charge is 2.07. The lowest BCUT2D eigenvalue weighted by Crippen LogP contribution is -2.20. The van der Waals surface area contributed by atoms with E-state index >= 15 is 0 Å². The van der Waals surface area contributed by atoms with Crippen molar-refractivity contribution >= 4 is 29.0 Å². The van der Waals surface area contributed by atoms with E-state index in [1.807, 2.05) is 44.2 Å². The van der Waals surface area contributed by atoms with Gasteiger partial charge in [0.1, 0.15) is 0 Å². The van der Waals surface area contributed by atoms with Gasteiger partial charge in [0, 0.05) is 11.7 Å². The van der Waals surface area contributed by atoms with Gasteiger partial charge in [-0.1, -0.05) is 29.8 Å². The SMILES string of the molecule is Cc1ccc(NC(=O)Nc2cccc(C(C)N)c2)c(Cl)c1. The number of hydrogen-bond acceptors (Lipinski definition) is 2. The predicted molar refractivity (Wildman–Crippen MR) is 87.9 cm³/mol. The summed E-state index contributed by atoms with van der Waals surface area (Å²) in [6.07, 6.45) is 0. The lowest BCUT2D eigenvalue weighted by Gasteiger charge is -2.11. The second kappa shape index (κ2) is 6.61. The molecule has 0 spiro atoms. The van der Waals surface area contributed by atoms with Gasteiger partial charge in [-0.3, -0.25) is 0 Å². The summed E-state index contributed by atoms with van der Waals surface area (Å²) in [6, 6.07) is 12.5. The minimum absolute atomic E-state index is 0.0821. The van der Waals surface area contributed by atoms with Crippen LogP contribution in [0.2, 0.25) is 5.02 Å². The molecule has 0 radical (unpaired) electrons. The molecule has 1 atom stereocenters. The predicted octanol–water partition coefficient (Wildman–Crippen LogP) is 4.31. The number of amides is 2. The first kappa shape index (κ1) is 15.4. The molecule has 0 aliphatic rings. The smallest absolute Gasteiger partial charge is 0.323 e. The summed E-state index contributed by atoms with van der Waals surface area (Å²) in [4.78, 5) is 12.0. The van der Waals surface area contributed by atoms with Crippen LogP contribution in [0.15, 0.2) is 42.5 Å². The quantitative estimate of drug-likeness (QED) is 0.791. The van der Waals surface area contributed by atoms with Crippen LogP contribution in [-0.2, 0) is 0 Å². The van der Waals surface area contributed by atoms with Crippen LogP contribution in [-0.4, -0.2) is 6.03 Å². The highest BCUT2D eigenvalue weighted by Crippen LogP contribution is 2.23. The number of rotatable bonds is 3. The Balaban J connectivity index is 2.06. The summed E-state index contributed by atoms with van der Waals surface area (Å²) in [7, 11) is 0. The molecule has 4 N–H and O–H groups in total. The van der Waals surface area contributed by atoms with Crippen molar-refractivity contribution in [2.75, 3.05) is 10.6 Å². The number of anilines is 2. The second-order valence-electron chi connectivity index (χ2n) is 4.98. The molecule has 0 saturated heterocycles. The van der Waals surface area contributed by atoms with Crippen LogP contribution < -0.4 is 16.4 Å². The molecule has 2 aromatic carbocycles. The fourth-order valence-corrected chi connectivity index (χ4v) is 2.19. The Kier molecular flexibility index (Phi) is 4.83. The van der Waals surface area contributed by atoms with E-state index in [9.17, 15) is 4.79 Å². The van der Waals surface area contributed by atoms with E-state index in [1.165, 1.54) is 0 Å². The van der Waals surface area contributed by atoms with Gasteiger partial charge in [-0.15, -0.1) is 0 Å². The summed E-state index contributed by atoms with van der Waals surface area (Å²) < 4.78 is 0. The van der Waals surface area contributed by atoms with Crippen molar-refractivity contribution in [3.8, 4) is 0 Å². The highest BCUT2D eigenvalue weighted by molar-refractivity contribution is 6.33. The number of aryl methyl sites for hydroxylation is 1. The first-order chi connectivity index (χ1) is 9.95. The summed E-state index contributed by atoms with van der Waals surface area (Å²) in [5.74, 6) is 0. The summed E-state index contributed by atoms with van der Waals surface area (Å²) >= 11 is 6.08. The van der Waals surface area contributed by atoms with Gasteiger partial charge in [0.25, 0.3) is 0 Å². The van der Waals surface area contributed by atoms with Gasteiger partial charge in [0.15, 0.2) is 0 Å². The number of halogens is 1. The summed E-state index contributed by atoms with van der Waals surface area (Å²) in [5.41, 5.74) is 9.08. The number of benzene rings is 2. The molecule has 0 bridgehead atoms. The van der Waals surface area contributed by atoms with E-state index < -0.39 is 0 Å². The first-order valence-corrected chi connectivity index (χ1v) is 7.03. The van der Waals surface area contributed by atoms with E-state index in [4.69, 9.17) is 17.3 Å². The minimum atomic E-state index is -0.345. The Morgan fingerprint density at radius 1 is 1.19 bits per heavy atom. The van der Waals surface area contributed by atoms with Gasteiger partial charge in [0.05, 0.1) is 10.7 Å². The Morgan fingerprint density at radius 3 is 2.62 bits per heavy atom. The molecule has 0 aliphatic heterocycles. The molecule has 0 fully saturated rings. The molecule has 0 saturated carbocycles.